The molecule has 1 atom stereocenters. The molecular weight excluding hydrogens is 294 g/mol. The molecule has 1 heterocycles. The summed E-state index contributed by atoms with van der Waals surface area (Å²) >= 11 is 0. The van der Waals surface area contributed by atoms with E-state index >= 15 is 0 Å². The van der Waals surface area contributed by atoms with E-state index in [9.17, 15) is 18.0 Å². The van der Waals surface area contributed by atoms with Crippen molar-refractivity contribution in [3.63, 3.8) is 0 Å². The lowest BCUT2D eigenvalue weighted by Crippen LogP contribution is -2.43. The van der Waals surface area contributed by atoms with Crippen LogP contribution in [0.15, 0.2) is 0 Å². The molecule has 2 fully saturated rings. The predicted octanol–water partition coefficient (Wildman–Crippen LogP) is -0.415. The Morgan fingerprint density at radius 1 is 1.19 bits per heavy atom. The van der Waals surface area contributed by atoms with Crippen LogP contribution in [0.5, 0.6) is 0 Å². The first-order chi connectivity index (χ1) is 9.88. The van der Waals surface area contributed by atoms with Gasteiger partial charge in [-0.2, -0.15) is 0 Å². The fourth-order valence-electron chi connectivity index (χ4n) is 2.98. The van der Waals surface area contributed by atoms with Crippen LogP contribution in [-0.4, -0.2) is 56.6 Å². The number of imide groups is 1. The van der Waals surface area contributed by atoms with Crippen molar-refractivity contribution in [1.82, 2.24) is 14.9 Å². The molecule has 2 rings (SSSR count). The van der Waals surface area contributed by atoms with Crippen molar-refractivity contribution in [2.75, 3.05) is 19.3 Å². The SMILES string of the molecule is CS(=O)(=O)NCCCNC1CC(=O)N(C2CCCC2)C1=O. The molecule has 0 aromatic heterocycles. The second-order valence-electron chi connectivity index (χ2n) is 5.77. The molecule has 8 heteroatoms. The molecule has 0 bridgehead atoms. The van der Waals surface area contributed by atoms with Gasteiger partial charge < -0.3 is 5.32 Å². The summed E-state index contributed by atoms with van der Waals surface area (Å²) in [4.78, 5) is 25.7. The van der Waals surface area contributed by atoms with Crippen LogP contribution in [0, 0.1) is 0 Å². The summed E-state index contributed by atoms with van der Waals surface area (Å²) in [6, 6.07) is -0.361. The number of hydrogen-bond donors (Lipinski definition) is 2. The molecule has 2 N–H and O–H groups in total. The Morgan fingerprint density at radius 2 is 1.86 bits per heavy atom. The molecule has 0 aromatic carbocycles. The molecule has 2 amide bonds. The number of rotatable bonds is 7. The lowest BCUT2D eigenvalue weighted by atomic mass is 10.2. The quantitative estimate of drug-likeness (QED) is 0.491. The molecule has 0 aromatic rings. The molecule has 1 saturated heterocycles. The van der Waals surface area contributed by atoms with Crippen molar-refractivity contribution in [1.29, 1.82) is 0 Å². The van der Waals surface area contributed by atoms with Gasteiger partial charge in [-0.05, 0) is 25.8 Å². The predicted molar refractivity (Wildman–Crippen MR) is 78.0 cm³/mol. The molecular formula is C13H23N3O4S. The molecule has 120 valence electrons. The van der Waals surface area contributed by atoms with E-state index in [0.717, 1.165) is 31.9 Å². The monoisotopic (exact) mass is 317 g/mol. The highest BCUT2D eigenvalue weighted by atomic mass is 32.2. The van der Waals surface area contributed by atoms with Crippen molar-refractivity contribution in [2.24, 2.45) is 0 Å². The average Bonchev–Trinajstić information content (AvgIpc) is 2.97. The van der Waals surface area contributed by atoms with Gasteiger partial charge in [-0.25, -0.2) is 13.1 Å². The smallest absolute Gasteiger partial charge is 0.247 e. The number of carbonyl (C=O) groups excluding carboxylic acids is 2. The molecule has 1 unspecified atom stereocenters. The fraction of sp³-hybridized carbons (Fsp3) is 0.846. The second kappa shape index (κ2) is 6.85. The number of amides is 2. The molecule has 7 nitrogen and oxygen atoms in total. The van der Waals surface area contributed by atoms with Crippen LogP contribution in [0.4, 0.5) is 0 Å². The summed E-state index contributed by atoms with van der Waals surface area (Å²) in [6.45, 7) is 0.831. The van der Waals surface area contributed by atoms with Gasteiger partial charge in [0.1, 0.15) is 0 Å². The van der Waals surface area contributed by atoms with Gasteiger partial charge in [-0.1, -0.05) is 12.8 Å². The number of sulfonamides is 1. The first kappa shape index (κ1) is 16.4. The first-order valence-electron chi connectivity index (χ1n) is 7.42. The number of likely N-dealkylation sites (tertiary alicyclic amines) is 1. The van der Waals surface area contributed by atoms with E-state index in [1.165, 1.54) is 4.90 Å². The molecule has 2 aliphatic rings. The Bertz CT molecular complexity index is 500. The van der Waals surface area contributed by atoms with Gasteiger partial charge in [0.25, 0.3) is 0 Å². The molecule has 21 heavy (non-hydrogen) atoms. The minimum atomic E-state index is -3.17. The zero-order valence-corrected chi connectivity index (χ0v) is 13.1. The maximum absolute atomic E-state index is 12.3. The van der Waals surface area contributed by atoms with Crippen molar-refractivity contribution in [2.45, 2.75) is 50.6 Å². The van der Waals surface area contributed by atoms with E-state index in [0.29, 0.717) is 19.5 Å². The summed E-state index contributed by atoms with van der Waals surface area (Å²) in [5.41, 5.74) is 0. The van der Waals surface area contributed by atoms with Gasteiger partial charge in [-0.15, -0.1) is 0 Å². The van der Waals surface area contributed by atoms with Crippen molar-refractivity contribution < 1.29 is 18.0 Å². The number of nitrogens with one attached hydrogen (secondary N) is 2. The second-order valence-corrected chi connectivity index (χ2v) is 7.60. The lowest BCUT2D eigenvalue weighted by Gasteiger charge is -2.22. The third-order valence-corrected chi connectivity index (χ3v) is 4.71. The highest BCUT2D eigenvalue weighted by Crippen LogP contribution is 2.28. The zero-order valence-electron chi connectivity index (χ0n) is 12.3. The van der Waals surface area contributed by atoms with Crippen LogP contribution in [0.1, 0.15) is 38.5 Å². The molecule has 1 saturated carbocycles. The van der Waals surface area contributed by atoms with Gasteiger partial charge in [0.2, 0.25) is 21.8 Å². The highest BCUT2D eigenvalue weighted by molar-refractivity contribution is 7.88. The number of carbonyl (C=O) groups is 2. The largest absolute Gasteiger partial charge is 0.305 e. The lowest BCUT2D eigenvalue weighted by molar-refractivity contribution is -0.141. The topological polar surface area (TPSA) is 95.6 Å². The standard InChI is InChI=1S/C13H23N3O4S/c1-21(19,20)15-8-4-7-14-11-9-12(17)16(13(11)18)10-5-2-3-6-10/h10-11,14-15H,2-9H2,1H3. The molecule has 1 aliphatic heterocycles. The first-order valence-corrected chi connectivity index (χ1v) is 9.31. The number of nitrogens with zero attached hydrogens (tertiary/aromatic N) is 1. The van der Waals surface area contributed by atoms with Crippen LogP contribution < -0.4 is 10.0 Å². The minimum Gasteiger partial charge on any atom is -0.305 e. The third kappa shape index (κ3) is 4.49. The summed E-state index contributed by atoms with van der Waals surface area (Å²) in [7, 11) is -3.17. The summed E-state index contributed by atoms with van der Waals surface area (Å²) < 4.78 is 24.2. The van der Waals surface area contributed by atoms with Crippen LogP contribution in [0.2, 0.25) is 0 Å². The molecule has 0 radical (unpaired) electrons. The Morgan fingerprint density at radius 3 is 2.48 bits per heavy atom. The summed E-state index contributed by atoms with van der Waals surface area (Å²) in [5.74, 6) is -0.207. The van der Waals surface area contributed by atoms with E-state index in [4.69, 9.17) is 0 Å². The van der Waals surface area contributed by atoms with E-state index in [1.807, 2.05) is 0 Å². The van der Waals surface area contributed by atoms with Gasteiger partial charge in [-0.3, -0.25) is 14.5 Å². The van der Waals surface area contributed by atoms with Gasteiger partial charge in [0.05, 0.1) is 18.7 Å². The Kier molecular flexibility index (Phi) is 5.34. The summed E-state index contributed by atoms with van der Waals surface area (Å²) in [5, 5.41) is 3.05. The van der Waals surface area contributed by atoms with E-state index in [2.05, 4.69) is 10.0 Å². The van der Waals surface area contributed by atoms with Crippen molar-refractivity contribution in [3.05, 3.63) is 0 Å². The van der Waals surface area contributed by atoms with E-state index in [-0.39, 0.29) is 24.3 Å². The van der Waals surface area contributed by atoms with Gasteiger partial charge in [0.15, 0.2) is 0 Å². The summed E-state index contributed by atoms with van der Waals surface area (Å²) in [6.07, 6.45) is 5.90. The molecule has 1 aliphatic carbocycles. The maximum Gasteiger partial charge on any atom is 0.247 e. The normalized spacial score (nSPS) is 24.2. The van der Waals surface area contributed by atoms with Crippen LogP contribution >= 0.6 is 0 Å². The Balaban J connectivity index is 1.75. The zero-order chi connectivity index (χ0) is 15.5. The van der Waals surface area contributed by atoms with E-state index < -0.39 is 16.1 Å². The van der Waals surface area contributed by atoms with Crippen molar-refractivity contribution in [3.8, 4) is 0 Å². The fourth-order valence-corrected chi connectivity index (χ4v) is 3.49. The van der Waals surface area contributed by atoms with Gasteiger partial charge in [0, 0.05) is 12.6 Å². The minimum absolute atomic E-state index is 0.0846. The Labute approximate surface area is 125 Å². The van der Waals surface area contributed by atoms with Crippen LogP contribution in [0.25, 0.3) is 0 Å². The average molecular weight is 317 g/mol. The number of hydrogen-bond acceptors (Lipinski definition) is 5. The van der Waals surface area contributed by atoms with Crippen LogP contribution in [-0.2, 0) is 19.6 Å². The van der Waals surface area contributed by atoms with Crippen LogP contribution in [0.3, 0.4) is 0 Å². The maximum atomic E-state index is 12.3. The van der Waals surface area contributed by atoms with Gasteiger partial charge >= 0.3 is 0 Å². The Hall–Kier alpha value is -0.990. The molecule has 0 spiro atoms. The van der Waals surface area contributed by atoms with Crippen molar-refractivity contribution >= 4 is 21.8 Å². The highest BCUT2D eigenvalue weighted by Gasteiger charge is 2.42. The third-order valence-electron chi connectivity index (χ3n) is 3.98. The van der Waals surface area contributed by atoms with E-state index in [1.54, 1.807) is 0 Å².